The van der Waals surface area contributed by atoms with Crippen LogP contribution in [0.25, 0.3) is 22.0 Å². The van der Waals surface area contributed by atoms with Gasteiger partial charge in [0.15, 0.2) is 5.78 Å². The van der Waals surface area contributed by atoms with Crippen molar-refractivity contribution in [1.29, 1.82) is 5.26 Å². The van der Waals surface area contributed by atoms with Gasteiger partial charge in [-0.05, 0) is 26.3 Å². The van der Waals surface area contributed by atoms with Crippen LogP contribution in [0.5, 0.6) is 0 Å². The molecule has 0 saturated heterocycles. The van der Waals surface area contributed by atoms with Gasteiger partial charge in [0.1, 0.15) is 0 Å². The molecule has 2 aromatic carbocycles. The number of ketones is 1. The molecule has 1 heterocycles. The molecular formula is C23H19IrN2O2-. The number of aryl methyl sites for hydroxylation is 2. The minimum atomic E-state index is -0.125. The average molecular weight is 548 g/mol. The van der Waals surface area contributed by atoms with Crippen LogP contribution in [0, 0.1) is 17.4 Å². The van der Waals surface area contributed by atoms with Crippen molar-refractivity contribution >= 4 is 16.6 Å². The van der Waals surface area contributed by atoms with Gasteiger partial charge in [-0.2, -0.15) is 5.26 Å². The normalized spacial score (nSPS) is 11.8. The number of rotatable bonds is 2. The molecule has 1 aliphatic carbocycles. The maximum atomic E-state index is 10.0. The van der Waals surface area contributed by atoms with Gasteiger partial charge in [0, 0.05) is 43.6 Å². The Kier molecular flexibility index (Phi) is 7.23. The largest absolute Gasteiger partial charge is 0.512 e. The van der Waals surface area contributed by atoms with E-state index in [2.05, 4.69) is 41.4 Å². The SMILES string of the molecule is CC(=O)/C=C(/C)O.N#Cc1cccnc1-c1[c-]cc2c3c(cccc13)CC2.[Ir]. The van der Waals surface area contributed by atoms with E-state index in [0.717, 1.165) is 29.5 Å². The van der Waals surface area contributed by atoms with Gasteiger partial charge in [-0.1, -0.05) is 47.0 Å². The molecule has 4 rings (SSSR count). The van der Waals surface area contributed by atoms with Crippen LogP contribution < -0.4 is 0 Å². The number of aliphatic hydroxyl groups is 1. The number of aromatic nitrogens is 1. The maximum absolute atomic E-state index is 10.0. The predicted octanol–water partition coefficient (Wildman–Crippen LogP) is 4.71. The van der Waals surface area contributed by atoms with Crippen LogP contribution in [0.1, 0.15) is 30.5 Å². The number of nitrogens with zero attached hydrogens (tertiary/aromatic N) is 2. The van der Waals surface area contributed by atoms with E-state index in [9.17, 15) is 10.1 Å². The van der Waals surface area contributed by atoms with Gasteiger partial charge in [0.05, 0.1) is 11.8 Å². The minimum Gasteiger partial charge on any atom is -0.512 e. The van der Waals surface area contributed by atoms with Crippen molar-refractivity contribution in [2.75, 3.05) is 0 Å². The number of carbonyl (C=O) groups is 1. The molecule has 0 spiro atoms. The molecule has 0 fully saturated rings. The molecule has 1 N–H and O–H groups in total. The molecule has 4 nitrogen and oxygen atoms in total. The molecule has 28 heavy (non-hydrogen) atoms. The smallest absolute Gasteiger partial charge is 0.155 e. The van der Waals surface area contributed by atoms with E-state index in [1.165, 1.54) is 36.4 Å². The van der Waals surface area contributed by atoms with Gasteiger partial charge >= 0.3 is 0 Å². The average Bonchev–Trinajstić information content (AvgIpc) is 3.07. The number of hydrogen-bond donors (Lipinski definition) is 1. The summed E-state index contributed by atoms with van der Waals surface area (Å²) in [7, 11) is 0. The quantitative estimate of drug-likeness (QED) is 0.287. The third-order valence-corrected chi connectivity index (χ3v) is 4.37. The van der Waals surface area contributed by atoms with Crippen LogP contribution >= 0.6 is 0 Å². The van der Waals surface area contributed by atoms with Crippen LogP contribution in [-0.2, 0) is 37.7 Å². The fourth-order valence-electron chi connectivity index (χ4n) is 3.36. The zero-order valence-corrected chi connectivity index (χ0v) is 18.0. The summed E-state index contributed by atoms with van der Waals surface area (Å²) in [4.78, 5) is 14.4. The predicted molar refractivity (Wildman–Crippen MR) is 105 cm³/mol. The monoisotopic (exact) mass is 548 g/mol. The van der Waals surface area contributed by atoms with Crippen molar-refractivity contribution < 1.29 is 30.0 Å². The summed E-state index contributed by atoms with van der Waals surface area (Å²) < 4.78 is 0. The molecule has 0 aliphatic heterocycles. The Labute approximate surface area is 177 Å². The number of allylic oxidation sites excluding steroid dienone is 2. The Morgan fingerprint density at radius 1 is 1.21 bits per heavy atom. The van der Waals surface area contributed by atoms with Crippen molar-refractivity contribution in [3.05, 3.63) is 77.2 Å². The summed E-state index contributed by atoms with van der Waals surface area (Å²) in [6.07, 6.45) is 5.07. The van der Waals surface area contributed by atoms with E-state index in [0.29, 0.717) is 5.56 Å². The molecule has 0 amide bonds. The summed E-state index contributed by atoms with van der Waals surface area (Å²) in [6, 6.07) is 17.6. The van der Waals surface area contributed by atoms with Gasteiger partial charge in [0.25, 0.3) is 0 Å². The van der Waals surface area contributed by atoms with Crippen LogP contribution in [0.15, 0.2) is 54.4 Å². The van der Waals surface area contributed by atoms with Crippen LogP contribution in [0.2, 0.25) is 0 Å². The second kappa shape index (κ2) is 9.41. The van der Waals surface area contributed by atoms with Gasteiger partial charge in [-0.3, -0.25) is 4.79 Å². The van der Waals surface area contributed by atoms with E-state index in [1.807, 2.05) is 0 Å². The third kappa shape index (κ3) is 4.54. The van der Waals surface area contributed by atoms with Crippen molar-refractivity contribution in [1.82, 2.24) is 4.98 Å². The Morgan fingerprint density at radius 2 is 1.96 bits per heavy atom. The van der Waals surface area contributed by atoms with Gasteiger partial charge in [0.2, 0.25) is 0 Å². The van der Waals surface area contributed by atoms with Crippen molar-refractivity contribution in [2.45, 2.75) is 26.7 Å². The van der Waals surface area contributed by atoms with E-state index < -0.39 is 0 Å². The number of pyridine rings is 1. The van der Waals surface area contributed by atoms with Crippen molar-refractivity contribution in [3.8, 4) is 17.3 Å². The molecule has 0 saturated carbocycles. The van der Waals surface area contributed by atoms with Crippen molar-refractivity contribution in [2.24, 2.45) is 0 Å². The molecule has 1 aliphatic rings. The first-order chi connectivity index (χ1) is 13.0. The second-order valence-electron chi connectivity index (χ2n) is 6.44. The standard InChI is InChI=1S/C18H11N2.C5H8O2.Ir/c19-11-14-4-2-10-20-18(14)16-9-8-13-7-6-12-3-1-5-15(16)17(12)13;1-4(6)3-5(2)7;/h1-5,8,10H,6-7H2;3,6H,1-2H3;/q-1;;/b;4-3-;. The molecule has 143 valence electrons. The Morgan fingerprint density at radius 3 is 2.61 bits per heavy atom. The number of aliphatic hydroxyl groups excluding tert-OH is 1. The first kappa shape index (κ1) is 21.5. The fraction of sp³-hybridized carbons (Fsp3) is 0.174. The summed E-state index contributed by atoms with van der Waals surface area (Å²) in [5.41, 5.74) is 5.01. The Bertz CT molecular complexity index is 1080. The van der Waals surface area contributed by atoms with Crippen molar-refractivity contribution in [3.63, 3.8) is 0 Å². The van der Waals surface area contributed by atoms with E-state index in [-0.39, 0.29) is 31.6 Å². The van der Waals surface area contributed by atoms with Crippen LogP contribution in [-0.4, -0.2) is 15.9 Å². The van der Waals surface area contributed by atoms with Gasteiger partial charge in [-0.15, -0.1) is 23.3 Å². The molecular weight excluding hydrogens is 528 g/mol. The van der Waals surface area contributed by atoms with E-state index >= 15 is 0 Å². The first-order valence-electron chi connectivity index (χ1n) is 8.69. The summed E-state index contributed by atoms with van der Waals surface area (Å²) >= 11 is 0. The minimum absolute atomic E-state index is 0. The molecule has 1 radical (unpaired) electrons. The number of nitriles is 1. The second-order valence-corrected chi connectivity index (χ2v) is 6.44. The van der Waals surface area contributed by atoms with E-state index in [4.69, 9.17) is 5.11 Å². The number of benzene rings is 2. The summed E-state index contributed by atoms with van der Waals surface area (Å²) in [5.74, 6) is -0.0625. The maximum Gasteiger partial charge on any atom is 0.155 e. The topological polar surface area (TPSA) is 74.0 Å². The number of hydrogen-bond acceptors (Lipinski definition) is 4. The van der Waals surface area contributed by atoms with Gasteiger partial charge < -0.3 is 10.1 Å². The molecule has 5 heteroatoms. The number of carbonyl (C=O) groups excluding carboxylic acids is 1. The molecule has 0 atom stereocenters. The Hall–Kier alpha value is -2.80. The molecule has 0 unspecified atom stereocenters. The van der Waals surface area contributed by atoms with Crippen LogP contribution in [0.4, 0.5) is 0 Å². The van der Waals surface area contributed by atoms with Gasteiger partial charge in [-0.25, -0.2) is 0 Å². The van der Waals surface area contributed by atoms with E-state index in [1.54, 1.807) is 18.3 Å². The summed E-state index contributed by atoms with van der Waals surface area (Å²) in [6.45, 7) is 2.85. The first-order valence-corrected chi connectivity index (χ1v) is 8.69. The third-order valence-electron chi connectivity index (χ3n) is 4.37. The zero-order valence-electron chi connectivity index (χ0n) is 15.6. The fourth-order valence-corrected chi connectivity index (χ4v) is 3.36. The Balaban J connectivity index is 0.000000306. The summed E-state index contributed by atoms with van der Waals surface area (Å²) in [5, 5.41) is 20.1. The zero-order chi connectivity index (χ0) is 19.4. The molecule has 1 aromatic heterocycles. The molecule has 3 aromatic rings. The molecule has 0 bridgehead atoms. The van der Waals surface area contributed by atoms with Crippen LogP contribution in [0.3, 0.4) is 0 Å².